The number of hydrogen-bond donors (Lipinski definition) is 1. The second-order valence-electron chi connectivity index (χ2n) is 7.09. The van der Waals surface area contributed by atoms with Gasteiger partial charge in [0.15, 0.2) is 23.1 Å². The summed E-state index contributed by atoms with van der Waals surface area (Å²) >= 11 is 1.45. The van der Waals surface area contributed by atoms with Crippen LogP contribution in [0.1, 0.15) is 30.4 Å². The van der Waals surface area contributed by atoms with Crippen LogP contribution in [0, 0.1) is 18.6 Å². The van der Waals surface area contributed by atoms with Crippen molar-refractivity contribution in [1.82, 2.24) is 24.7 Å². The van der Waals surface area contributed by atoms with Crippen molar-refractivity contribution < 1.29 is 13.5 Å². The maximum absolute atomic E-state index is 14.9. The Labute approximate surface area is 186 Å². The van der Waals surface area contributed by atoms with E-state index in [2.05, 4.69) is 20.1 Å². The Kier molecular flexibility index (Phi) is 5.92. The van der Waals surface area contributed by atoms with E-state index in [-0.39, 0.29) is 28.9 Å². The van der Waals surface area contributed by atoms with Crippen LogP contribution in [-0.2, 0) is 6.42 Å². The van der Waals surface area contributed by atoms with Crippen molar-refractivity contribution >= 4 is 28.2 Å². The van der Waals surface area contributed by atoms with Gasteiger partial charge in [0.05, 0.1) is 13.5 Å². The lowest BCUT2D eigenvalue weighted by molar-refractivity contribution is 0.402. The average Bonchev–Trinajstić information content (AvgIpc) is 3.34. The van der Waals surface area contributed by atoms with E-state index in [1.54, 1.807) is 0 Å². The molecule has 0 saturated carbocycles. The van der Waals surface area contributed by atoms with Gasteiger partial charge in [-0.05, 0) is 32.9 Å². The van der Waals surface area contributed by atoms with E-state index in [9.17, 15) is 13.6 Å². The number of fused-ring (bicyclic) bond motifs is 1. The maximum Gasteiger partial charge on any atom is 0.264 e. The first kappa shape index (κ1) is 21.9. The standard InChI is InChI=1S/C21H22F2N6O2S/c1-5-28(6-2)20-16-19(25-14(26-21(16)30)9-15-24-11(3)10-32-15)29(27-20)18-13(31-4)8-7-12(22)17(18)23/h7-8,10H,5-6,9H2,1-4H3,(H,25,26,30). The van der Waals surface area contributed by atoms with Crippen molar-refractivity contribution in [2.24, 2.45) is 0 Å². The monoisotopic (exact) mass is 460 g/mol. The van der Waals surface area contributed by atoms with Crippen molar-refractivity contribution in [1.29, 1.82) is 0 Å². The van der Waals surface area contributed by atoms with Crippen molar-refractivity contribution in [3.05, 3.63) is 56.0 Å². The van der Waals surface area contributed by atoms with Crippen molar-refractivity contribution in [2.75, 3.05) is 25.1 Å². The summed E-state index contributed by atoms with van der Waals surface area (Å²) in [6, 6.07) is 2.29. The highest BCUT2D eigenvalue weighted by Crippen LogP contribution is 2.32. The van der Waals surface area contributed by atoms with Gasteiger partial charge in [-0.3, -0.25) is 4.79 Å². The van der Waals surface area contributed by atoms with Crippen molar-refractivity contribution in [3.8, 4) is 11.4 Å². The number of nitrogens with one attached hydrogen (secondary N) is 1. The fourth-order valence-corrected chi connectivity index (χ4v) is 4.33. The summed E-state index contributed by atoms with van der Waals surface area (Å²) in [5.41, 5.74) is 0.322. The molecule has 0 aliphatic carbocycles. The molecule has 0 fully saturated rings. The molecule has 3 heterocycles. The fourth-order valence-electron chi connectivity index (χ4n) is 3.55. The van der Waals surface area contributed by atoms with Gasteiger partial charge in [-0.1, -0.05) is 0 Å². The van der Waals surface area contributed by atoms with Gasteiger partial charge in [0.25, 0.3) is 5.56 Å². The fraction of sp³-hybridized carbons (Fsp3) is 0.333. The van der Waals surface area contributed by atoms with E-state index in [1.165, 1.54) is 24.5 Å². The molecule has 0 aliphatic heterocycles. The van der Waals surface area contributed by atoms with Gasteiger partial charge in [0, 0.05) is 24.2 Å². The third kappa shape index (κ3) is 3.72. The zero-order valence-electron chi connectivity index (χ0n) is 18.1. The lowest BCUT2D eigenvalue weighted by Crippen LogP contribution is -2.24. The number of ether oxygens (including phenoxy) is 1. The van der Waals surface area contributed by atoms with Crippen LogP contribution in [0.5, 0.6) is 5.75 Å². The first-order valence-electron chi connectivity index (χ1n) is 10.1. The molecule has 0 saturated heterocycles. The average molecular weight is 461 g/mol. The number of hydrogen-bond acceptors (Lipinski definition) is 7. The zero-order valence-corrected chi connectivity index (χ0v) is 18.9. The number of benzene rings is 1. The molecule has 168 valence electrons. The minimum absolute atomic E-state index is 0.0681. The van der Waals surface area contributed by atoms with E-state index in [0.29, 0.717) is 24.7 Å². The lowest BCUT2D eigenvalue weighted by Gasteiger charge is -2.17. The molecule has 4 rings (SSSR count). The van der Waals surface area contributed by atoms with Gasteiger partial charge in [-0.15, -0.1) is 16.4 Å². The number of methoxy groups -OCH3 is 1. The van der Waals surface area contributed by atoms with E-state index >= 15 is 0 Å². The molecule has 0 unspecified atom stereocenters. The maximum atomic E-state index is 14.9. The summed E-state index contributed by atoms with van der Waals surface area (Å²) in [4.78, 5) is 26.7. The highest BCUT2D eigenvalue weighted by molar-refractivity contribution is 7.09. The molecular weight excluding hydrogens is 438 g/mol. The number of thiazole rings is 1. The summed E-state index contributed by atoms with van der Waals surface area (Å²) in [6.45, 7) is 6.83. The molecule has 8 nitrogen and oxygen atoms in total. The van der Waals surface area contributed by atoms with Crippen LogP contribution < -0.4 is 15.2 Å². The third-order valence-corrected chi connectivity index (χ3v) is 6.05. The Hall–Kier alpha value is -3.34. The summed E-state index contributed by atoms with van der Waals surface area (Å²) in [7, 11) is 1.35. The number of aryl methyl sites for hydroxylation is 1. The molecule has 1 N–H and O–H groups in total. The number of halogens is 2. The molecule has 0 bridgehead atoms. The Morgan fingerprint density at radius 1 is 1.22 bits per heavy atom. The number of aromatic nitrogens is 5. The predicted molar refractivity (Wildman–Crippen MR) is 119 cm³/mol. The van der Waals surface area contributed by atoms with Crippen LogP contribution in [0.3, 0.4) is 0 Å². The Morgan fingerprint density at radius 2 is 1.97 bits per heavy atom. The summed E-state index contributed by atoms with van der Waals surface area (Å²) in [5, 5.41) is 7.36. The van der Waals surface area contributed by atoms with Crippen molar-refractivity contribution in [2.45, 2.75) is 27.2 Å². The largest absolute Gasteiger partial charge is 0.494 e. The molecule has 0 atom stereocenters. The predicted octanol–water partition coefficient (Wildman–Crippen LogP) is 3.60. The summed E-state index contributed by atoms with van der Waals surface area (Å²) < 4.78 is 35.5. The summed E-state index contributed by atoms with van der Waals surface area (Å²) in [5.74, 6) is -1.45. The van der Waals surface area contributed by atoms with E-state index in [0.717, 1.165) is 21.4 Å². The molecule has 0 spiro atoms. The number of aromatic amines is 1. The van der Waals surface area contributed by atoms with Gasteiger partial charge < -0.3 is 14.6 Å². The smallest absolute Gasteiger partial charge is 0.264 e. The molecule has 0 radical (unpaired) electrons. The van der Waals surface area contributed by atoms with Crippen LogP contribution in [0.25, 0.3) is 16.7 Å². The highest BCUT2D eigenvalue weighted by atomic mass is 32.1. The molecule has 1 aromatic carbocycles. The Balaban J connectivity index is 2.02. The van der Waals surface area contributed by atoms with E-state index in [1.807, 2.05) is 31.1 Å². The molecule has 11 heteroatoms. The van der Waals surface area contributed by atoms with Crippen LogP contribution in [-0.4, -0.2) is 44.9 Å². The lowest BCUT2D eigenvalue weighted by atomic mass is 10.2. The minimum Gasteiger partial charge on any atom is -0.494 e. The van der Waals surface area contributed by atoms with Gasteiger partial charge in [-0.25, -0.2) is 23.4 Å². The SMILES string of the molecule is CCN(CC)c1nn(-c2c(OC)ccc(F)c2F)c2nc(Cc3nc(C)cs3)[nH]c(=O)c12. The molecule has 32 heavy (non-hydrogen) atoms. The number of H-pyrrole nitrogens is 1. The normalized spacial score (nSPS) is 11.3. The Bertz CT molecular complexity index is 1340. The molecule has 3 aromatic heterocycles. The number of nitrogens with zero attached hydrogens (tertiary/aromatic N) is 5. The number of anilines is 1. The van der Waals surface area contributed by atoms with Gasteiger partial charge in [-0.2, -0.15) is 0 Å². The first-order chi connectivity index (χ1) is 15.4. The van der Waals surface area contributed by atoms with Crippen molar-refractivity contribution in [3.63, 3.8) is 0 Å². The van der Waals surface area contributed by atoms with Gasteiger partial charge in [0.2, 0.25) is 0 Å². The topological polar surface area (TPSA) is 88.9 Å². The quantitative estimate of drug-likeness (QED) is 0.453. The highest BCUT2D eigenvalue weighted by Gasteiger charge is 2.26. The third-order valence-electron chi connectivity index (χ3n) is 5.08. The molecule has 0 amide bonds. The summed E-state index contributed by atoms with van der Waals surface area (Å²) in [6.07, 6.45) is 0.290. The van der Waals surface area contributed by atoms with E-state index < -0.39 is 17.2 Å². The second kappa shape index (κ2) is 8.65. The molecular formula is C21H22F2N6O2S. The van der Waals surface area contributed by atoms with Crippen LogP contribution in [0.4, 0.5) is 14.6 Å². The zero-order chi connectivity index (χ0) is 23.0. The van der Waals surface area contributed by atoms with Gasteiger partial charge in [0.1, 0.15) is 27.7 Å². The number of rotatable bonds is 7. The molecule has 0 aliphatic rings. The van der Waals surface area contributed by atoms with Crippen LogP contribution in [0.15, 0.2) is 22.3 Å². The second-order valence-corrected chi connectivity index (χ2v) is 8.03. The van der Waals surface area contributed by atoms with E-state index in [4.69, 9.17) is 4.74 Å². The molecule has 4 aromatic rings. The Morgan fingerprint density at radius 3 is 2.59 bits per heavy atom. The van der Waals surface area contributed by atoms with Crippen LogP contribution in [0.2, 0.25) is 0 Å². The first-order valence-corrected chi connectivity index (χ1v) is 11.0. The minimum atomic E-state index is -1.14. The van der Waals surface area contributed by atoms with Crippen LogP contribution >= 0.6 is 11.3 Å². The van der Waals surface area contributed by atoms with Gasteiger partial charge >= 0.3 is 0 Å².